The third-order valence-electron chi connectivity index (χ3n) is 3.55. The molecular formula is C11H21NO. The quantitative estimate of drug-likeness (QED) is 0.671. The molecule has 2 rings (SSSR count). The van der Waals surface area contributed by atoms with Crippen LogP contribution in [-0.2, 0) is 4.74 Å². The summed E-state index contributed by atoms with van der Waals surface area (Å²) in [5, 5.41) is 3.67. The Morgan fingerprint density at radius 3 is 2.85 bits per heavy atom. The molecule has 0 aromatic rings. The molecule has 2 fully saturated rings. The van der Waals surface area contributed by atoms with E-state index in [0.29, 0.717) is 6.10 Å². The van der Waals surface area contributed by atoms with Crippen molar-refractivity contribution < 1.29 is 4.74 Å². The summed E-state index contributed by atoms with van der Waals surface area (Å²) in [7, 11) is 0. The third-order valence-corrected chi connectivity index (χ3v) is 3.55. The van der Waals surface area contributed by atoms with Gasteiger partial charge in [0.2, 0.25) is 0 Å². The summed E-state index contributed by atoms with van der Waals surface area (Å²) < 4.78 is 5.62. The molecule has 0 saturated carbocycles. The normalized spacial score (nSPS) is 41.8. The van der Waals surface area contributed by atoms with Gasteiger partial charge in [0.1, 0.15) is 0 Å². The Morgan fingerprint density at radius 1 is 1.15 bits per heavy atom. The van der Waals surface area contributed by atoms with Gasteiger partial charge in [-0.15, -0.1) is 0 Å². The average molecular weight is 183 g/mol. The summed E-state index contributed by atoms with van der Waals surface area (Å²) in [4.78, 5) is 0. The lowest BCUT2D eigenvalue weighted by atomic mass is 9.90. The molecule has 76 valence electrons. The van der Waals surface area contributed by atoms with Gasteiger partial charge in [0.25, 0.3) is 0 Å². The second kappa shape index (κ2) is 4.43. The molecule has 2 heteroatoms. The molecule has 0 spiro atoms. The smallest absolute Gasteiger partial charge is 0.0590 e. The Hall–Kier alpha value is -0.0800. The van der Waals surface area contributed by atoms with Gasteiger partial charge in [0.15, 0.2) is 0 Å². The zero-order valence-corrected chi connectivity index (χ0v) is 8.59. The van der Waals surface area contributed by atoms with E-state index in [9.17, 15) is 0 Å². The van der Waals surface area contributed by atoms with E-state index >= 15 is 0 Å². The molecule has 3 unspecified atom stereocenters. The first-order valence-corrected chi connectivity index (χ1v) is 5.73. The van der Waals surface area contributed by atoms with E-state index in [-0.39, 0.29) is 0 Å². The van der Waals surface area contributed by atoms with Gasteiger partial charge >= 0.3 is 0 Å². The number of hydrogen-bond acceptors (Lipinski definition) is 2. The van der Waals surface area contributed by atoms with Crippen LogP contribution in [0.15, 0.2) is 0 Å². The van der Waals surface area contributed by atoms with Gasteiger partial charge in [-0.1, -0.05) is 12.8 Å². The molecule has 0 amide bonds. The van der Waals surface area contributed by atoms with E-state index in [0.717, 1.165) is 18.6 Å². The summed E-state index contributed by atoms with van der Waals surface area (Å²) in [5.41, 5.74) is 0. The van der Waals surface area contributed by atoms with Crippen molar-refractivity contribution in [2.45, 2.75) is 51.2 Å². The van der Waals surface area contributed by atoms with Crippen LogP contribution in [0.2, 0.25) is 0 Å². The fraction of sp³-hybridized carbons (Fsp3) is 1.00. The average Bonchev–Trinajstić information content (AvgIpc) is 2.43. The van der Waals surface area contributed by atoms with E-state index in [1.165, 1.54) is 38.6 Å². The maximum atomic E-state index is 5.62. The molecule has 0 aliphatic carbocycles. The second-order valence-electron chi connectivity index (χ2n) is 4.44. The first-order valence-electron chi connectivity index (χ1n) is 5.73. The minimum absolute atomic E-state index is 0.482. The minimum atomic E-state index is 0.482. The molecule has 0 radical (unpaired) electrons. The molecule has 0 aromatic carbocycles. The summed E-state index contributed by atoms with van der Waals surface area (Å²) in [5.74, 6) is 0.776. The number of hydrogen-bond donors (Lipinski definition) is 1. The highest BCUT2D eigenvalue weighted by molar-refractivity contribution is 4.85. The molecule has 2 aliphatic rings. The molecular weight excluding hydrogens is 162 g/mol. The fourth-order valence-electron chi connectivity index (χ4n) is 2.70. The molecule has 13 heavy (non-hydrogen) atoms. The van der Waals surface area contributed by atoms with Crippen molar-refractivity contribution in [3.63, 3.8) is 0 Å². The van der Waals surface area contributed by atoms with Crippen LogP contribution in [0, 0.1) is 5.92 Å². The molecule has 0 bridgehead atoms. The van der Waals surface area contributed by atoms with Crippen LogP contribution in [0.5, 0.6) is 0 Å². The Balaban J connectivity index is 1.89. The van der Waals surface area contributed by atoms with Gasteiger partial charge in [-0.3, -0.25) is 0 Å². The van der Waals surface area contributed by atoms with Gasteiger partial charge in [-0.2, -0.15) is 0 Å². The lowest BCUT2D eigenvalue weighted by Gasteiger charge is -2.25. The van der Waals surface area contributed by atoms with Gasteiger partial charge in [0.05, 0.1) is 6.10 Å². The van der Waals surface area contributed by atoms with Crippen molar-refractivity contribution in [3.05, 3.63) is 0 Å². The predicted octanol–water partition coefficient (Wildman–Crippen LogP) is 1.94. The standard InChI is InChI=1S/C11H21NO/c1-9-10(6-8-13-9)11-5-3-2-4-7-12-11/h9-12H,2-8H2,1H3. The highest BCUT2D eigenvalue weighted by Gasteiger charge is 2.31. The molecule has 2 saturated heterocycles. The van der Waals surface area contributed by atoms with Crippen molar-refractivity contribution >= 4 is 0 Å². The van der Waals surface area contributed by atoms with Crippen molar-refractivity contribution in [1.82, 2.24) is 5.32 Å². The predicted molar refractivity (Wildman–Crippen MR) is 53.8 cm³/mol. The number of rotatable bonds is 1. The maximum absolute atomic E-state index is 5.62. The van der Waals surface area contributed by atoms with Crippen LogP contribution in [0.1, 0.15) is 39.0 Å². The van der Waals surface area contributed by atoms with Crippen molar-refractivity contribution in [1.29, 1.82) is 0 Å². The fourth-order valence-corrected chi connectivity index (χ4v) is 2.70. The van der Waals surface area contributed by atoms with Crippen LogP contribution >= 0.6 is 0 Å². The lowest BCUT2D eigenvalue weighted by Crippen LogP contribution is -2.38. The largest absolute Gasteiger partial charge is 0.378 e. The van der Waals surface area contributed by atoms with E-state index in [4.69, 9.17) is 4.74 Å². The number of ether oxygens (including phenoxy) is 1. The van der Waals surface area contributed by atoms with Gasteiger partial charge < -0.3 is 10.1 Å². The van der Waals surface area contributed by atoms with Crippen LogP contribution in [-0.4, -0.2) is 25.3 Å². The van der Waals surface area contributed by atoms with E-state index in [1.54, 1.807) is 0 Å². The van der Waals surface area contributed by atoms with Crippen LogP contribution in [0.4, 0.5) is 0 Å². The molecule has 1 N–H and O–H groups in total. The van der Waals surface area contributed by atoms with E-state index in [1.807, 2.05) is 0 Å². The van der Waals surface area contributed by atoms with Crippen molar-refractivity contribution in [2.24, 2.45) is 5.92 Å². The van der Waals surface area contributed by atoms with Crippen molar-refractivity contribution in [3.8, 4) is 0 Å². The highest BCUT2D eigenvalue weighted by Crippen LogP contribution is 2.27. The Labute approximate surface area is 81.0 Å². The summed E-state index contributed by atoms with van der Waals surface area (Å²) in [6, 6.07) is 0.736. The zero-order chi connectivity index (χ0) is 9.10. The highest BCUT2D eigenvalue weighted by atomic mass is 16.5. The van der Waals surface area contributed by atoms with E-state index in [2.05, 4.69) is 12.2 Å². The molecule has 2 nitrogen and oxygen atoms in total. The summed E-state index contributed by atoms with van der Waals surface area (Å²) in [6.07, 6.45) is 7.28. The number of nitrogens with one attached hydrogen (secondary N) is 1. The Bertz CT molecular complexity index is 152. The van der Waals surface area contributed by atoms with Crippen molar-refractivity contribution in [2.75, 3.05) is 13.2 Å². The van der Waals surface area contributed by atoms with E-state index < -0.39 is 0 Å². The first kappa shape index (κ1) is 9.47. The van der Waals surface area contributed by atoms with Crippen LogP contribution < -0.4 is 5.32 Å². The molecule has 2 aliphatic heterocycles. The summed E-state index contributed by atoms with van der Waals surface area (Å²) >= 11 is 0. The molecule has 0 aromatic heterocycles. The Morgan fingerprint density at radius 2 is 2.08 bits per heavy atom. The monoisotopic (exact) mass is 183 g/mol. The topological polar surface area (TPSA) is 21.3 Å². The van der Waals surface area contributed by atoms with Gasteiger partial charge in [-0.25, -0.2) is 0 Å². The van der Waals surface area contributed by atoms with Gasteiger partial charge in [0, 0.05) is 18.6 Å². The Kier molecular flexibility index (Phi) is 3.23. The van der Waals surface area contributed by atoms with Crippen LogP contribution in [0.25, 0.3) is 0 Å². The zero-order valence-electron chi connectivity index (χ0n) is 8.59. The molecule has 2 heterocycles. The maximum Gasteiger partial charge on any atom is 0.0590 e. The summed E-state index contributed by atoms with van der Waals surface area (Å²) in [6.45, 7) is 4.42. The third kappa shape index (κ3) is 2.23. The SMILES string of the molecule is CC1OCCC1C1CCCCCN1. The van der Waals surface area contributed by atoms with Crippen LogP contribution in [0.3, 0.4) is 0 Å². The van der Waals surface area contributed by atoms with Gasteiger partial charge in [-0.05, 0) is 32.7 Å². The molecule has 3 atom stereocenters. The minimum Gasteiger partial charge on any atom is -0.378 e. The second-order valence-corrected chi connectivity index (χ2v) is 4.44. The first-order chi connectivity index (χ1) is 6.38. The lowest BCUT2D eigenvalue weighted by molar-refractivity contribution is 0.0949.